The standard InChI is InChI=1S/C44H28/c1-3-11-32(12-4-1)38-26-28-42-43(30-38)40(39-17-9-10-18-41(39)44(42)35-14-5-2-6-15-35)27-21-31-19-22-34(23-20-31)37-25-24-33-13-7-8-16-36(33)29-37/h1-20,22-26,28-30H. The van der Waals surface area contributed by atoms with Crippen LogP contribution in [0.15, 0.2) is 170 Å². The van der Waals surface area contributed by atoms with Crippen LogP contribution in [0.4, 0.5) is 0 Å². The number of hydrogen-bond donors (Lipinski definition) is 0. The molecule has 0 nitrogen and oxygen atoms in total. The molecule has 0 spiro atoms. The Morgan fingerprint density at radius 1 is 0.295 bits per heavy atom. The van der Waals surface area contributed by atoms with Gasteiger partial charge in [-0.15, -0.1) is 0 Å². The van der Waals surface area contributed by atoms with Crippen molar-refractivity contribution in [1.82, 2.24) is 0 Å². The maximum absolute atomic E-state index is 3.64. The highest BCUT2D eigenvalue weighted by molar-refractivity contribution is 6.17. The molecular formula is C44H28. The van der Waals surface area contributed by atoms with Gasteiger partial charge in [-0.3, -0.25) is 0 Å². The first-order valence-corrected chi connectivity index (χ1v) is 15.0. The Morgan fingerprint density at radius 3 is 1.61 bits per heavy atom. The van der Waals surface area contributed by atoms with Crippen LogP contribution in [0.25, 0.3) is 65.7 Å². The van der Waals surface area contributed by atoms with Crippen LogP contribution in [0, 0.1) is 11.8 Å². The fourth-order valence-electron chi connectivity index (χ4n) is 6.29. The van der Waals surface area contributed by atoms with Gasteiger partial charge >= 0.3 is 0 Å². The third-order valence-corrected chi connectivity index (χ3v) is 8.49. The van der Waals surface area contributed by atoms with Crippen LogP contribution in [0.3, 0.4) is 0 Å². The molecule has 0 heterocycles. The largest absolute Gasteiger partial charge is 0.0622 e. The van der Waals surface area contributed by atoms with Crippen LogP contribution in [-0.2, 0) is 0 Å². The smallest absolute Gasteiger partial charge is 0.0406 e. The molecule has 8 aromatic rings. The maximum atomic E-state index is 3.64. The van der Waals surface area contributed by atoms with Crippen molar-refractivity contribution >= 4 is 32.3 Å². The average Bonchev–Trinajstić information content (AvgIpc) is 3.10. The minimum atomic E-state index is 0.998. The van der Waals surface area contributed by atoms with Gasteiger partial charge in [0.05, 0.1) is 0 Å². The number of rotatable bonds is 3. The van der Waals surface area contributed by atoms with Crippen LogP contribution >= 0.6 is 0 Å². The van der Waals surface area contributed by atoms with E-state index in [9.17, 15) is 0 Å². The van der Waals surface area contributed by atoms with Crippen LogP contribution < -0.4 is 0 Å². The summed E-state index contributed by atoms with van der Waals surface area (Å²) in [6.07, 6.45) is 0. The molecule has 8 rings (SSSR count). The summed E-state index contributed by atoms with van der Waals surface area (Å²) in [5.74, 6) is 7.16. The number of benzene rings is 8. The topological polar surface area (TPSA) is 0 Å². The molecule has 0 unspecified atom stereocenters. The molecule has 44 heavy (non-hydrogen) atoms. The van der Waals surface area contributed by atoms with Gasteiger partial charge in [0.1, 0.15) is 0 Å². The maximum Gasteiger partial charge on any atom is 0.0406 e. The van der Waals surface area contributed by atoms with E-state index in [1.807, 2.05) is 0 Å². The fourth-order valence-corrected chi connectivity index (χ4v) is 6.29. The summed E-state index contributed by atoms with van der Waals surface area (Å²) in [5.41, 5.74) is 9.32. The average molecular weight is 557 g/mol. The highest BCUT2D eigenvalue weighted by atomic mass is 14.2. The van der Waals surface area contributed by atoms with Crippen molar-refractivity contribution in [1.29, 1.82) is 0 Å². The summed E-state index contributed by atoms with van der Waals surface area (Å²) in [5, 5.41) is 7.28. The first-order chi connectivity index (χ1) is 21.8. The lowest BCUT2D eigenvalue weighted by molar-refractivity contribution is 1.61. The fraction of sp³-hybridized carbons (Fsp3) is 0. The second kappa shape index (κ2) is 11.1. The normalized spacial score (nSPS) is 11.0. The Hall–Kier alpha value is -5.90. The molecule has 0 atom stereocenters. The lowest BCUT2D eigenvalue weighted by atomic mass is 9.87. The minimum Gasteiger partial charge on any atom is -0.0622 e. The first kappa shape index (κ1) is 25.8. The highest BCUT2D eigenvalue weighted by Crippen LogP contribution is 2.40. The monoisotopic (exact) mass is 556 g/mol. The quantitative estimate of drug-likeness (QED) is 0.150. The lowest BCUT2D eigenvalue weighted by Crippen LogP contribution is -1.91. The van der Waals surface area contributed by atoms with Gasteiger partial charge in [0, 0.05) is 11.1 Å². The van der Waals surface area contributed by atoms with E-state index in [-0.39, 0.29) is 0 Å². The van der Waals surface area contributed by atoms with E-state index >= 15 is 0 Å². The van der Waals surface area contributed by atoms with Crippen molar-refractivity contribution in [2.75, 3.05) is 0 Å². The summed E-state index contributed by atoms with van der Waals surface area (Å²) >= 11 is 0. The molecule has 0 aliphatic carbocycles. The van der Waals surface area contributed by atoms with E-state index < -0.39 is 0 Å². The van der Waals surface area contributed by atoms with Gasteiger partial charge in [-0.1, -0.05) is 157 Å². The SMILES string of the molecule is C(#Cc1c2ccccc2c(-c2ccccc2)c2ccc(-c3ccccc3)cc12)c1ccc(-c2ccc3ccccc3c2)cc1. The van der Waals surface area contributed by atoms with Crippen molar-refractivity contribution in [3.63, 3.8) is 0 Å². The van der Waals surface area contributed by atoms with Crippen molar-refractivity contribution in [2.45, 2.75) is 0 Å². The van der Waals surface area contributed by atoms with E-state index in [1.165, 1.54) is 65.7 Å². The molecule has 0 radical (unpaired) electrons. The van der Waals surface area contributed by atoms with Crippen molar-refractivity contribution in [3.8, 4) is 45.2 Å². The lowest BCUT2D eigenvalue weighted by Gasteiger charge is -2.16. The van der Waals surface area contributed by atoms with E-state index in [0.29, 0.717) is 0 Å². The van der Waals surface area contributed by atoms with Gasteiger partial charge in [-0.25, -0.2) is 0 Å². The second-order valence-electron chi connectivity index (χ2n) is 11.2. The minimum absolute atomic E-state index is 0.998. The van der Waals surface area contributed by atoms with Crippen molar-refractivity contribution in [3.05, 3.63) is 181 Å². The summed E-state index contributed by atoms with van der Waals surface area (Å²) < 4.78 is 0. The number of fused-ring (bicyclic) bond motifs is 3. The molecule has 0 aliphatic rings. The number of hydrogen-bond acceptors (Lipinski definition) is 0. The highest BCUT2D eigenvalue weighted by Gasteiger charge is 2.15. The summed E-state index contributed by atoms with van der Waals surface area (Å²) in [4.78, 5) is 0. The molecule has 8 aromatic carbocycles. The molecule has 0 amide bonds. The zero-order valence-corrected chi connectivity index (χ0v) is 24.2. The molecule has 0 fully saturated rings. The predicted molar refractivity (Wildman–Crippen MR) is 188 cm³/mol. The molecule has 0 aliphatic heterocycles. The van der Waals surface area contributed by atoms with Crippen LogP contribution in [0.5, 0.6) is 0 Å². The van der Waals surface area contributed by atoms with E-state index in [2.05, 4.69) is 182 Å². The van der Waals surface area contributed by atoms with Crippen LogP contribution in [-0.4, -0.2) is 0 Å². The van der Waals surface area contributed by atoms with Gasteiger partial charge in [0.2, 0.25) is 0 Å². The zero-order chi connectivity index (χ0) is 29.3. The molecule has 204 valence electrons. The second-order valence-corrected chi connectivity index (χ2v) is 11.2. The van der Waals surface area contributed by atoms with E-state index in [1.54, 1.807) is 0 Å². The van der Waals surface area contributed by atoms with Crippen molar-refractivity contribution in [2.24, 2.45) is 0 Å². The molecule has 0 saturated carbocycles. The van der Waals surface area contributed by atoms with Gasteiger partial charge in [-0.05, 0) is 90.0 Å². The van der Waals surface area contributed by atoms with Crippen molar-refractivity contribution < 1.29 is 0 Å². The predicted octanol–water partition coefficient (Wildman–Crippen LogP) is 11.5. The summed E-state index contributed by atoms with van der Waals surface area (Å²) in [6, 6.07) is 60.6. The molecular weight excluding hydrogens is 528 g/mol. The third kappa shape index (κ3) is 4.72. The van der Waals surface area contributed by atoms with Crippen LogP contribution in [0.1, 0.15) is 11.1 Å². The van der Waals surface area contributed by atoms with Crippen LogP contribution in [0.2, 0.25) is 0 Å². The first-order valence-electron chi connectivity index (χ1n) is 15.0. The van der Waals surface area contributed by atoms with E-state index in [4.69, 9.17) is 0 Å². The molecule has 0 bridgehead atoms. The Kier molecular flexibility index (Phi) is 6.48. The molecule has 0 N–H and O–H groups in total. The van der Waals surface area contributed by atoms with Gasteiger partial charge in [0.25, 0.3) is 0 Å². The Morgan fingerprint density at radius 2 is 0.841 bits per heavy atom. The van der Waals surface area contributed by atoms with E-state index in [0.717, 1.165) is 11.1 Å². The Balaban J connectivity index is 1.29. The third-order valence-electron chi connectivity index (χ3n) is 8.49. The Labute approximate surface area is 257 Å². The Bertz CT molecular complexity index is 2350. The summed E-state index contributed by atoms with van der Waals surface area (Å²) in [7, 11) is 0. The molecule has 0 heteroatoms. The summed E-state index contributed by atoms with van der Waals surface area (Å²) in [6.45, 7) is 0. The van der Waals surface area contributed by atoms with Gasteiger partial charge < -0.3 is 0 Å². The van der Waals surface area contributed by atoms with Gasteiger partial charge in [-0.2, -0.15) is 0 Å². The van der Waals surface area contributed by atoms with Gasteiger partial charge in [0.15, 0.2) is 0 Å². The zero-order valence-electron chi connectivity index (χ0n) is 24.2. The molecule has 0 saturated heterocycles. The molecule has 0 aromatic heterocycles.